The molecule has 0 saturated carbocycles. The molecule has 0 aliphatic heterocycles. The van der Waals surface area contributed by atoms with E-state index >= 15 is 0 Å². The first kappa shape index (κ1) is 22.4. The molecule has 8 nitrogen and oxygen atoms in total. The van der Waals surface area contributed by atoms with Gasteiger partial charge in [0.15, 0.2) is 0 Å². The summed E-state index contributed by atoms with van der Waals surface area (Å²) < 4.78 is 13.0. The highest BCUT2D eigenvalue weighted by molar-refractivity contribution is 6.32. The average molecular weight is 446 g/mol. The van der Waals surface area contributed by atoms with Gasteiger partial charge in [0.25, 0.3) is 5.56 Å². The Morgan fingerprint density at radius 3 is 2.45 bits per heavy atom. The number of methoxy groups -OCH3 is 2. The SMILES string of the molecule is CCCCn1c(=O)c2ccccc2n(CC(=O)Nc2cc(Cl)c(OC)cc2OC)c1=O. The highest BCUT2D eigenvalue weighted by Crippen LogP contribution is 2.35. The van der Waals surface area contributed by atoms with Crippen molar-refractivity contribution in [1.82, 2.24) is 9.13 Å². The number of nitrogens with zero attached hydrogens (tertiary/aromatic N) is 2. The fraction of sp³-hybridized carbons (Fsp3) is 0.318. The molecule has 0 bridgehead atoms. The first-order valence-corrected chi connectivity index (χ1v) is 10.2. The maximum atomic E-state index is 13.0. The van der Waals surface area contributed by atoms with E-state index in [9.17, 15) is 14.4 Å². The van der Waals surface area contributed by atoms with Gasteiger partial charge >= 0.3 is 5.69 Å². The van der Waals surface area contributed by atoms with Crippen molar-refractivity contribution in [3.05, 3.63) is 62.3 Å². The molecule has 0 unspecified atom stereocenters. The summed E-state index contributed by atoms with van der Waals surface area (Å²) >= 11 is 6.17. The lowest BCUT2D eigenvalue weighted by molar-refractivity contribution is -0.116. The summed E-state index contributed by atoms with van der Waals surface area (Å²) in [4.78, 5) is 38.6. The molecule has 1 amide bonds. The number of unbranched alkanes of at least 4 members (excludes halogenated alkanes) is 1. The summed E-state index contributed by atoms with van der Waals surface area (Å²) in [6.45, 7) is 1.99. The molecule has 1 aromatic heterocycles. The summed E-state index contributed by atoms with van der Waals surface area (Å²) in [5, 5.41) is 3.41. The van der Waals surface area contributed by atoms with E-state index in [2.05, 4.69) is 5.32 Å². The number of ether oxygens (including phenoxy) is 2. The summed E-state index contributed by atoms with van der Waals surface area (Å²) in [5.41, 5.74) is -0.128. The van der Waals surface area contributed by atoms with Crippen molar-refractivity contribution in [3.8, 4) is 11.5 Å². The number of fused-ring (bicyclic) bond motifs is 1. The molecule has 2 aromatic carbocycles. The second-order valence-corrected chi connectivity index (χ2v) is 7.34. The van der Waals surface area contributed by atoms with Gasteiger partial charge in [-0.05, 0) is 24.6 Å². The van der Waals surface area contributed by atoms with Gasteiger partial charge in [0.2, 0.25) is 5.91 Å². The number of anilines is 1. The predicted octanol–water partition coefficient (Wildman–Crippen LogP) is 3.27. The molecular weight excluding hydrogens is 422 g/mol. The number of aromatic nitrogens is 2. The average Bonchev–Trinajstić information content (AvgIpc) is 2.77. The zero-order chi connectivity index (χ0) is 22.5. The third-order valence-corrected chi connectivity index (χ3v) is 5.21. The lowest BCUT2D eigenvalue weighted by Gasteiger charge is -2.16. The minimum Gasteiger partial charge on any atom is -0.495 e. The van der Waals surface area contributed by atoms with E-state index in [-0.39, 0.29) is 12.1 Å². The molecule has 3 aromatic rings. The summed E-state index contributed by atoms with van der Waals surface area (Å²) in [6.07, 6.45) is 1.51. The van der Waals surface area contributed by atoms with Crippen LogP contribution in [0.5, 0.6) is 11.5 Å². The summed E-state index contributed by atoms with van der Waals surface area (Å²) in [6, 6.07) is 9.83. The van der Waals surface area contributed by atoms with E-state index in [0.717, 1.165) is 6.42 Å². The zero-order valence-electron chi connectivity index (χ0n) is 17.6. The smallest absolute Gasteiger partial charge is 0.331 e. The molecule has 1 heterocycles. The van der Waals surface area contributed by atoms with Gasteiger partial charge < -0.3 is 14.8 Å². The third-order valence-electron chi connectivity index (χ3n) is 4.92. The molecule has 0 aliphatic rings. The van der Waals surface area contributed by atoms with Crippen molar-refractivity contribution in [3.63, 3.8) is 0 Å². The standard InChI is InChI=1S/C22H24ClN3O5/c1-4-5-10-25-21(28)14-8-6-7-9-17(14)26(22(25)29)13-20(27)24-16-11-15(23)18(30-2)12-19(16)31-3/h6-9,11-12H,4-5,10,13H2,1-3H3,(H,24,27). The molecular formula is C22H24ClN3O5. The Balaban J connectivity index is 2.00. The topological polar surface area (TPSA) is 91.6 Å². The predicted molar refractivity (Wildman–Crippen MR) is 121 cm³/mol. The van der Waals surface area contributed by atoms with Crippen molar-refractivity contribution in [2.45, 2.75) is 32.9 Å². The molecule has 0 saturated heterocycles. The quantitative estimate of drug-likeness (QED) is 0.574. The van der Waals surface area contributed by atoms with Gasteiger partial charge in [-0.3, -0.25) is 18.7 Å². The van der Waals surface area contributed by atoms with Gasteiger partial charge in [0.05, 0.1) is 35.8 Å². The molecule has 0 radical (unpaired) electrons. The number of hydrogen-bond acceptors (Lipinski definition) is 5. The van der Waals surface area contributed by atoms with E-state index in [1.54, 1.807) is 30.3 Å². The Hall–Kier alpha value is -3.26. The van der Waals surface area contributed by atoms with Crippen LogP contribution in [0.2, 0.25) is 5.02 Å². The lowest BCUT2D eigenvalue weighted by atomic mass is 10.2. The molecule has 0 fully saturated rings. The Morgan fingerprint density at radius 2 is 1.77 bits per heavy atom. The highest BCUT2D eigenvalue weighted by Gasteiger charge is 2.17. The Kier molecular flexibility index (Phi) is 7.02. The number of benzene rings is 2. The van der Waals surface area contributed by atoms with Gasteiger partial charge in [-0.2, -0.15) is 0 Å². The summed E-state index contributed by atoms with van der Waals surface area (Å²) in [7, 11) is 2.93. The lowest BCUT2D eigenvalue weighted by Crippen LogP contribution is -2.41. The van der Waals surface area contributed by atoms with E-state index in [1.807, 2.05) is 6.92 Å². The first-order valence-electron chi connectivity index (χ1n) is 9.85. The van der Waals surface area contributed by atoms with Crippen molar-refractivity contribution >= 4 is 34.1 Å². The van der Waals surface area contributed by atoms with Gasteiger partial charge in [-0.1, -0.05) is 37.1 Å². The number of rotatable bonds is 8. The Labute approximate surface area is 184 Å². The van der Waals surface area contributed by atoms with E-state index < -0.39 is 11.6 Å². The number of nitrogens with one attached hydrogen (secondary N) is 1. The molecule has 1 N–H and O–H groups in total. The second kappa shape index (κ2) is 9.70. The number of para-hydroxylation sites is 1. The maximum absolute atomic E-state index is 13.0. The number of hydrogen-bond donors (Lipinski definition) is 1. The number of halogens is 1. The largest absolute Gasteiger partial charge is 0.495 e. The van der Waals surface area contributed by atoms with Crippen LogP contribution < -0.4 is 26.0 Å². The molecule has 0 spiro atoms. The van der Waals surface area contributed by atoms with Gasteiger partial charge in [-0.25, -0.2) is 4.79 Å². The molecule has 3 rings (SSSR count). The Morgan fingerprint density at radius 1 is 1.06 bits per heavy atom. The maximum Gasteiger partial charge on any atom is 0.331 e. The van der Waals surface area contributed by atoms with E-state index in [4.69, 9.17) is 21.1 Å². The van der Waals surface area contributed by atoms with Gasteiger partial charge in [0, 0.05) is 12.6 Å². The van der Waals surface area contributed by atoms with Gasteiger partial charge in [-0.15, -0.1) is 0 Å². The summed E-state index contributed by atoms with van der Waals surface area (Å²) in [5.74, 6) is 0.300. The molecule has 31 heavy (non-hydrogen) atoms. The van der Waals surface area contributed by atoms with Crippen LogP contribution in [0.4, 0.5) is 5.69 Å². The van der Waals surface area contributed by atoms with Crippen LogP contribution in [-0.2, 0) is 17.9 Å². The minimum absolute atomic E-state index is 0.279. The second-order valence-electron chi connectivity index (χ2n) is 6.93. The van der Waals surface area contributed by atoms with Crippen LogP contribution in [-0.4, -0.2) is 29.3 Å². The Bertz CT molecular complexity index is 1230. The van der Waals surface area contributed by atoms with E-state index in [0.29, 0.717) is 46.1 Å². The molecule has 0 aliphatic carbocycles. The van der Waals surface area contributed by atoms with Crippen LogP contribution in [0.3, 0.4) is 0 Å². The zero-order valence-corrected chi connectivity index (χ0v) is 18.4. The van der Waals surface area contributed by atoms with Crippen molar-refractivity contribution in [1.29, 1.82) is 0 Å². The van der Waals surface area contributed by atoms with Crippen LogP contribution in [0.25, 0.3) is 10.9 Å². The highest BCUT2D eigenvalue weighted by atomic mass is 35.5. The number of amides is 1. The number of carbonyl (C=O) groups is 1. The molecule has 9 heteroatoms. The van der Waals surface area contributed by atoms with Crippen molar-refractivity contribution < 1.29 is 14.3 Å². The minimum atomic E-state index is -0.521. The number of carbonyl (C=O) groups excluding carboxylic acids is 1. The van der Waals surface area contributed by atoms with Crippen molar-refractivity contribution in [2.24, 2.45) is 0 Å². The normalized spacial score (nSPS) is 10.8. The molecule has 0 atom stereocenters. The van der Waals surface area contributed by atoms with Crippen LogP contribution >= 0.6 is 11.6 Å². The van der Waals surface area contributed by atoms with Crippen LogP contribution in [0.1, 0.15) is 19.8 Å². The monoisotopic (exact) mass is 445 g/mol. The van der Waals surface area contributed by atoms with Crippen molar-refractivity contribution in [2.75, 3.05) is 19.5 Å². The molecule has 164 valence electrons. The van der Waals surface area contributed by atoms with Crippen LogP contribution in [0.15, 0.2) is 46.0 Å². The fourth-order valence-electron chi connectivity index (χ4n) is 3.33. The van der Waals surface area contributed by atoms with E-state index in [1.165, 1.54) is 29.4 Å². The van der Waals surface area contributed by atoms with Gasteiger partial charge in [0.1, 0.15) is 18.0 Å². The fourth-order valence-corrected chi connectivity index (χ4v) is 3.57. The third kappa shape index (κ3) is 4.59. The van der Waals surface area contributed by atoms with Crippen LogP contribution in [0, 0.1) is 0 Å². The first-order chi connectivity index (χ1) is 14.9.